The maximum absolute atomic E-state index is 11.8. The quantitative estimate of drug-likeness (QED) is 0.0700. The molecule has 0 atom stereocenters. The molecular weight excluding hydrogens is 588 g/mol. The smallest absolute Gasteiger partial charge is 0.333 e. The van der Waals surface area contributed by atoms with Crippen LogP contribution in [0.2, 0.25) is 0 Å². The van der Waals surface area contributed by atoms with Gasteiger partial charge in [0.1, 0.15) is 37.9 Å². The van der Waals surface area contributed by atoms with Crippen molar-refractivity contribution in [2.24, 2.45) is 0 Å². The van der Waals surface area contributed by atoms with Crippen molar-refractivity contribution in [3.63, 3.8) is 0 Å². The van der Waals surface area contributed by atoms with E-state index in [4.69, 9.17) is 18.9 Å². The lowest BCUT2D eigenvalue weighted by Gasteiger charge is -2.35. The van der Waals surface area contributed by atoms with Gasteiger partial charge in [0.2, 0.25) is 0 Å². The molecule has 1 aliphatic rings. The van der Waals surface area contributed by atoms with E-state index in [1.54, 1.807) is 13.8 Å². The van der Waals surface area contributed by atoms with Gasteiger partial charge in [-0.3, -0.25) is 0 Å². The molecule has 0 spiro atoms. The second-order valence-electron chi connectivity index (χ2n) is 11.7. The van der Waals surface area contributed by atoms with Gasteiger partial charge in [0, 0.05) is 11.1 Å². The van der Waals surface area contributed by atoms with Gasteiger partial charge in [0.05, 0.1) is 5.41 Å². The highest BCUT2D eigenvalue weighted by Crippen LogP contribution is 2.56. The first-order chi connectivity index (χ1) is 22.7. The average Bonchev–Trinajstić information content (AvgIpc) is 3.39. The third-order valence-electron chi connectivity index (χ3n) is 8.55. The Bertz CT molecular complexity index is 1680. The van der Waals surface area contributed by atoms with E-state index in [1.165, 1.54) is 22.3 Å². The molecule has 0 unspecified atom stereocenters. The zero-order valence-corrected chi connectivity index (χ0v) is 27.7. The van der Waals surface area contributed by atoms with Gasteiger partial charge in [0.15, 0.2) is 0 Å². The molecule has 0 fully saturated rings. The summed E-state index contributed by atoms with van der Waals surface area (Å²) in [4.78, 5) is 23.6. The summed E-state index contributed by atoms with van der Waals surface area (Å²) in [7, 11) is 0. The summed E-state index contributed by atoms with van der Waals surface area (Å²) in [6, 6.07) is 30.1. The molecule has 6 heteroatoms. The second kappa shape index (κ2) is 14.5. The van der Waals surface area contributed by atoms with Crippen LogP contribution in [0.15, 0.2) is 109 Å². The fourth-order valence-electron chi connectivity index (χ4n) is 6.30. The molecule has 242 valence electrons. The Morgan fingerprint density at radius 2 is 1.00 bits per heavy atom. The lowest BCUT2D eigenvalue weighted by atomic mass is 9.67. The third kappa shape index (κ3) is 6.59. The number of benzene rings is 4. The van der Waals surface area contributed by atoms with Gasteiger partial charge in [-0.1, -0.05) is 99.8 Å². The van der Waals surface area contributed by atoms with Crippen LogP contribution in [0.4, 0.5) is 0 Å². The van der Waals surface area contributed by atoms with Crippen molar-refractivity contribution in [3.05, 3.63) is 143 Å². The first kappa shape index (κ1) is 33.3. The van der Waals surface area contributed by atoms with Crippen LogP contribution < -0.4 is 9.47 Å². The number of ether oxygens (including phenoxy) is 4. The Kier molecular flexibility index (Phi) is 10.3. The van der Waals surface area contributed by atoms with Crippen molar-refractivity contribution < 1.29 is 28.5 Å². The van der Waals surface area contributed by atoms with Crippen LogP contribution in [0.3, 0.4) is 0 Å². The van der Waals surface area contributed by atoms with Crippen molar-refractivity contribution in [1.82, 2.24) is 0 Å². The molecule has 0 aromatic heterocycles. The second-order valence-corrected chi connectivity index (χ2v) is 11.7. The first-order valence-corrected chi connectivity index (χ1v) is 16.1. The van der Waals surface area contributed by atoms with Crippen LogP contribution in [0.5, 0.6) is 11.5 Å². The lowest BCUT2D eigenvalue weighted by Crippen LogP contribution is -2.29. The highest BCUT2D eigenvalue weighted by Gasteiger charge is 2.46. The molecule has 0 bridgehead atoms. The SMILES string of the molecule is C=C(C)C(=O)OCCOc1ccc(C2(c3ccc(OCCOC(=O)C(=C)C)c(CC)c3)c3ccccc3-c3ccccc32)cc1CC. The molecule has 47 heavy (non-hydrogen) atoms. The topological polar surface area (TPSA) is 71.1 Å². The van der Waals surface area contributed by atoms with E-state index in [-0.39, 0.29) is 26.4 Å². The summed E-state index contributed by atoms with van der Waals surface area (Å²) >= 11 is 0. The van der Waals surface area contributed by atoms with Gasteiger partial charge < -0.3 is 18.9 Å². The van der Waals surface area contributed by atoms with Crippen LogP contribution in [-0.2, 0) is 37.3 Å². The summed E-state index contributed by atoms with van der Waals surface area (Å²) in [6.07, 6.45) is 1.52. The van der Waals surface area contributed by atoms with Crippen LogP contribution in [-0.4, -0.2) is 38.4 Å². The van der Waals surface area contributed by atoms with Crippen LogP contribution >= 0.6 is 0 Å². The summed E-state index contributed by atoms with van der Waals surface area (Å²) in [6.45, 7) is 15.5. The van der Waals surface area contributed by atoms with E-state index in [0.717, 1.165) is 46.6 Å². The molecule has 5 rings (SSSR count). The molecule has 0 saturated carbocycles. The number of rotatable bonds is 14. The number of hydrogen-bond acceptors (Lipinski definition) is 6. The summed E-state index contributed by atoms with van der Waals surface area (Å²) in [5.74, 6) is 0.689. The average molecular weight is 631 g/mol. The van der Waals surface area contributed by atoms with Crippen molar-refractivity contribution in [1.29, 1.82) is 0 Å². The molecular formula is C41H42O6. The van der Waals surface area contributed by atoms with Gasteiger partial charge in [0.25, 0.3) is 0 Å². The number of hydrogen-bond donors (Lipinski definition) is 0. The number of aryl methyl sites for hydroxylation is 2. The number of esters is 2. The standard InChI is InChI=1S/C41H42O6/c1-7-29-25-31(17-19-37(29)44-21-23-46-39(42)27(3)4)41(35-15-11-9-13-33(35)34-14-10-12-16-36(34)41)32-18-20-38(30(8-2)26-32)45-22-24-47-40(43)28(5)6/h9-20,25-26H,3,5,7-8,21-24H2,1-2,4,6H3. The van der Waals surface area contributed by atoms with Crippen molar-refractivity contribution in [2.75, 3.05) is 26.4 Å². The monoisotopic (exact) mass is 630 g/mol. The van der Waals surface area contributed by atoms with Crippen LogP contribution in [0.1, 0.15) is 61.1 Å². The largest absolute Gasteiger partial charge is 0.490 e. The predicted octanol–water partition coefficient (Wildman–Crippen LogP) is 8.17. The molecule has 0 aliphatic heterocycles. The Morgan fingerprint density at radius 1 is 0.596 bits per heavy atom. The molecule has 0 radical (unpaired) electrons. The molecule has 4 aromatic rings. The minimum absolute atomic E-state index is 0.145. The first-order valence-electron chi connectivity index (χ1n) is 16.1. The van der Waals surface area contributed by atoms with E-state index < -0.39 is 17.4 Å². The molecule has 0 amide bonds. The lowest BCUT2D eigenvalue weighted by molar-refractivity contribution is -0.140. The maximum atomic E-state index is 11.8. The highest BCUT2D eigenvalue weighted by molar-refractivity contribution is 5.88. The zero-order chi connectivity index (χ0) is 33.6. The van der Waals surface area contributed by atoms with E-state index in [1.807, 2.05) is 12.1 Å². The summed E-state index contributed by atoms with van der Waals surface area (Å²) in [5.41, 5.74) is 9.37. The molecule has 6 nitrogen and oxygen atoms in total. The van der Waals surface area contributed by atoms with E-state index in [2.05, 4.69) is 99.8 Å². The van der Waals surface area contributed by atoms with Crippen molar-refractivity contribution >= 4 is 11.9 Å². The fraction of sp³-hybridized carbons (Fsp3) is 0.268. The van der Waals surface area contributed by atoms with Crippen molar-refractivity contribution in [2.45, 2.75) is 46.0 Å². The van der Waals surface area contributed by atoms with Gasteiger partial charge in [-0.05, 0) is 83.3 Å². The molecule has 0 heterocycles. The molecule has 0 N–H and O–H groups in total. The van der Waals surface area contributed by atoms with Gasteiger partial charge in [-0.25, -0.2) is 9.59 Å². The molecule has 0 saturated heterocycles. The third-order valence-corrected chi connectivity index (χ3v) is 8.55. The molecule has 4 aromatic carbocycles. The normalized spacial score (nSPS) is 12.4. The molecule has 1 aliphatic carbocycles. The Morgan fingerprint density at radius 3 is 1.38 bits per heavy atom. The summed E-state index contributed by atoms with van der Waals surface area (Å²) in [5, 5.41) is 0. The van der Waals surface area contributed by atoms with E-state index in [9.17, 15) is 9.59 Å². The van der Waals surface area contributed by atoms with Crippen LogP contribution in [0, 0.1) is 0 Å². The fourth-order valence-corrected chi connectivity index (χ4v) is 6.30. The van der Waals surface area contributed by atoms with E-state index in [0.29, 0.717) is 11.1 Å². The number of carbonyl (C=O) groups is 2. The Hall–Kier alpha value is -5.10. The number of fused-ring (bicyclic) bond motifs is 3. The Balaban J connectivity index is 1.56. The number of carbonyl (C=O) groups excluding carboxylic acids is 2. The highest BCUT2D eigenvalue weighted by atomic mass is 16.6. The summed E-state index contributed by atoms with van der Waals surface area (Å²) < 4.78 is 22.7. The Labute approximate surface area is 277 Å². The van der Waals surface area contributed by atoms with E-state index >= 15 is 0 Å². The van der Waals surface area contributed by atoms with Gasteiger partial charge >= 0.3 is 11.9 Å². The van der Waals surface area contributed by atoms with Gasteiger partial charge in [-0.2, -0.15) is 0 Å². The predicted molar refractivity (Wildman–Crippen MR) is 185 cm³/mol. The minimum Gasteiger partial charge on any atom is -0.490 e. The minimum atomic E-state index is -0.591. The van der Waals surface area contributed by atoms with Crippen LogP contribution in [0.25, 0.3) is 11.1 Å². The maximum Gasteiger partial charge on any atom is 0.333 e. The van der Waals surface area contributed by atoms with Gasteiger partial charge in [-0.15, -0.1) is 0 Å². The van der Waals surface area contributed by atoms with Crippen molar-refractivity contribution in [3.8, 4) is 22.6 Å². The zero-order valence-electron chi connectivity index (χ0n) is 27.7.